The van der Waals surface area contributed by atoms with Gasteiger partial charge in [-0.15, -0.1) is 10.2 Å². The van der Waals surface area contributed by atoms with Gasteiger partial charge in [0.2, 0.25) is 0 Å². The fraction of sp³-hybridized carbons (Fsp3) is 0.400. The van der Waals surface area contributed by atoms with Gasteiger partial charge in [0.15, 0.2) is 5.82 Å². The highest BCUT2D eigenvalue weighted by Gasteiger charge is 2.35. The Morgan fingerprint density at radius 3 is 2.89 bits per heavy atom. The summed E-state index contributed by atoms with van der Waals surface area (Å²) >= 11 is 0. The molecule has 8 nitrogen and oxygen atoms in total. The smallest absolute Gasteiger partial charge is 0.252 e. The number of aliphatic hydroxyl groups is 1. The lowest BCUT2D eigenvalue weighted by atomic mass is 9.79. The van der Waals surface area contributed by atoms with E-state index < -0.39 is 0 Å². The van der Waals surface area contributed by atoms with Crippen molar-refractivity contribution in [1.82, 2.24) is 25.1 Å². The summed E-state index contributed by atoms with van der Waals surface area (Å²) in [6, 6.07) is 9.48. The van der Waals surface area contributed by atoms with Gasteiger partial charge in [0.25, 0.3) is 5.91 Å². The highest BCUT2D eigenvalue weighted by atomic mass is 16.5. The Balaban J connectivity index is 1.42. The zero-order valence-electron chi connectivity index (χ0n) is 15.7. The Morgan fingerprint density at radius 1 is 1.29 bits per heavy atom. The van der Waals surface area contributed by atoms with Crippen molar-refractivity contribution >= 4 is 16.8 Å². The van der Waals surface area contributed by atoms with Crippen LogP contribution in [0.1, 0.15) is 40.8 Å². The second-order valence-corrected chi connectivity index (χ2v) is 6.99. The molecule has 1 aliphatic rings. The number of nitrogens with zero attached hydrogens (tertiary/aromatic N) is 4. The van der Waals surface area contributed by atoms with E-state index >= 15 is 0 Å². The van der Waals surface area contributed by atoms with Crippen molar-refractivity contribution in [2.24, 2.45) is 0 Å². The summed E-state index contributed by atoms with van der Waals surface area (Å²) in [7, 11) is 1.64. The first-order valence-electron chi connectivity index (χ1n) is 9.37. The van der Waals surface area contributed by atoms with Crippen LogP contribution in [-0.4, -0.2) is 50.5 Å². The number of methoxy groups -OCH3 is 1. The van der Waals surface area contributed by atoms with E-state index in [2.05, 4.69) is 20.5 Å². The van der Waals surface area contributed by atoms with E-state index in [4.69, 9.17) is 4.74 Å². The van der Waals surface area contributed by atoms with E-state index in [1.807, 2.05) is 28.8 Å². The number of fused-ring (bicyclic) bond motifs is 1. The standard InChI is InChI=1S/C20H23N5O3/c1-28-9-8-25-18(12-26)23-24-19(25)13-10-14(11-13)22-20(27)16-6-7-21-17-5-3-2-4-15(16)17/h2-7,13-14,26H,8-12H2,1H3,(H,22,27). The van der Waals surface area contributed by atoms with Crippen molar-refractivity contribution in [3.63, 3.8) is 0 Å². The molecule has 28 heavy (non-hydrogen) atoms. The van der Waals surface area contributed by atoms with Crippen LogP contribution in [-0.2, 0) is 17.9 Å². The Hall–Kier alpha value is -2.84. The van der Waals surface area contributed by atoms with Gasteiger partial charge in [-0.3, -0.25) is 9.78 Å². The molecule has 2 N–H and O–H groups in total. The summed E-state index contributed by atoms with van der Waals surface area (Å²) in [5.74, 6) is 1.52. The number of amides is 1. The Kier molecular flexibility index (Phi) is 5.31. The van der Waals surface area contributed by atoms with Crippen LogP contribution >= 0.6 is 0 Å². The molecule has 0 radical (unpaired) electrons. The van der Waals surface area contributed by atoms with Gasteiger partial charge in [0.05, 0.1) is 17.7 Å². The third-order valence-electron chi connectivity index (χ3n) is 5.25. The fourth-order valence-electron chi connectivity index (χ4n) is 3.70. The van der Waals surface area contributed by atoms with Crippen LogP contribution in [0.4, 0.5) is 0 Å². The molecule has 1 fully saturated rings. The Morgan fingerprint density at radius 2 is 2.11 bits per heavy atom. The molecular formula is C20H23N5O3. The quantitative estimate of drug-likeness (QED) is 0.645. The van der Waals surface area contributed by atoms with Crippen LogP contribution in [0.15, 0.2) is 36.5 Å². The van der Waals surface area contributed by atoms with Gasteiger partial charge in [-0.05, 0) is 25.0 Å². The number of hydrogen-bond donors (Lipinski definition) is 2. The molecule has 2 aromatic heterocycles. The highest BCUT2D eigenvalue weighted by Crippen LogP contribution is 2.36. The number of aromatic nitrogens is 4. The number of rotatable bonds is 7. The Bertz CT molecular complexity index is 976. The van der Waals surface area contributed by atoms with Crippen LogP contribution in [0, 0.1) is 0 Å². The fourth-order valence-corrected chi connectivity index (χ4v) is 3.70. The van der Waals surface area contributed by atoms with Gasteiger partial charge in [-0.1, -0.05) is 18.2 Å². The number of ether oxygens (including phenoxy) is 1. The second-order valence-electron chi connectivity index (χ2n) is 6.99. The largest absolute Gasteiger partial charge is 0.388 e. The summed E-state index contributed by atoms with van der Waals surface area (Å²) in [5.41, 5.74) is 1.45. The van der Waals surface area contributed by atoms with Crippen molar-refractivity contribution in [3.05, 3.63) is 53.7 Å². The maximum atomic E-state index is 12.7. The molecule has 1 saturated carbocycles. The molecule has 8 heteroatoms. The summed E-state index contributed by atoms with van der Waals surface area (Å²) in [5, 5.41) is 21.7. The molecule has 1 amide bonds. The van der Waals surface area contributed by atoms with Gasteiger partial charge in [-0.2, -0.15) is 0 Å². The number of para-hydroxylation sites is 1. The van der Waals surface area contributed by atoms with E-state index in [0.29, 0.717) is 24.5 Å². The zero-order chi connectivity index (χ0) is 19.5. The van der Waals surface area contributed by atoms with E-state index in [-0.39, 0.29) is 24.5 Å². The minimum atomic E-state index is -0.154. The van der Waals surface area contributed by atoms with Gasteiger partial charge in [0, 0.05) is 37.2 Å². The predicted molar refractivity (Wildman–Crippen MR) is 103 cm³/mol. The topological polar surface area (TPSA) is 102 Å². The summed E-state index contributed by atoms with van der Waals surface area (Å²) < 4.78 is 7.06. The lowest BCUT2D eigenvalue weighted by Crippen LogP contribution is -2.44. The maximum Gasteiger partial charge on any atom is 0.252 e. The van der Waals surface area contributed by atoms with Crippen LogP contribution in [0.5, 0.6) is 0 Å². The average molecular weight is 381 g/mol. The lowest BCUT2D eigenvalue weighted by molar-refractivity contribution is 0.0908. The summed E-state index contributed by atoms with van der Waals surface area (Å²) in [6.07, 6.45) is 3.26. The molecule has 0 spiro atoms. The number of pyridine rings is 1. The van der Waals surface area contributed by atoms with Crippen LogP contribution < -0.4 is 5.32 Å². The van der Waals surface area contributed by atoms with Crippen molar-refractivity contribution < 1.29 is 14.6 Å². The molecule has 4 rings (SSSR count). The predicted octanol–water partition coefficient (Wildman–Crippen LogP) is 1.64. The number of carbonyl (C=O) groups is 1. The minimum Gasteiger partial charge on any atom is -0.388 e. The minimum absolute atomic E-state index is 0.0843. The number of carbonyl (C=O) groups excluding carboxylic acids is 1. The molecule has 0 atom stereocenters. The van der Waals surface area contributed by atoms with Crippen molar-refractivity contribution in [1.29, 1.82) is 0 Å². The highest BCUT2D eigenvalue weighted by molar-refractivity contribution is 6.06. The average Bonchev–Trinajstić information content (AvgIpc) is 3.10. The zero-order valence-corrected chi connectivity index (χ0v) is 15.7. The summed E-state index contributed by atoms with van der Waals surface area (Å²) in [6.45, 7) is 0.976. The van der Waals surface area contributed by atoms with E-state index in [9.17, 15) is 9.90 Å². The number of benzene rings is 1. The molecular weight excluding hydrogens is 358 g/mol. The molecule has 0 aliphatic heterocycles. The van der Waals surface area contributed by atoms with Gasteiger partial charge < -0.3 is 19.7 Å². The van der Waals surface area contributed by atoms with Crippen molar-refractivity contribution in [2.75, 3.05) is 13.7 Å². The van der Waals surface area contributed by atoms with E-state index in [0.717, 1.165) is 29.6 Å². The number of nitrogens with one attached hydrogen (secondary N) is 1. The van der Waals surface area contributed by atoms with Gasteiger partial charge in [0.1, 0.15) is 12.4 Å². The Labute approximate surface area is 162 Å². The number of aliphatic hydroxyl groups excluding tert-OH is 1. The molecule has 0 bridgehead atoms. The molecule has 1 aliphatic carbocycles. The van der Waals surface area contributed by atoms with Gasteiger partial charge in [-0.25, -0.2) is 0 Å². The third-order valence-corrected chi connectivity index (χ3v) is 5.25. The van der Waals surface area contributed by atoms with E-state index in [1.165, 1.54) is 0 Å². The third kappa shape index (κ3) is 3.48. The van der Waals surface area contributed by atoms with Crippen LogP contribution in [0.2, 0.25) is 0 Å². The first-order valence-corrected chi connectivity index (χ1v) is 9.37. The molecule has 146 valence electrons. The molecule has 3 aromatic rings. The molecule has 0 unspecified atom stereocenters. The molecule has 0 saturated heterocycles. The van der Waals surface area contributed by atoms with Gasteiger partial charge >= 0.3 is 0 Å². The second kappa shape index (κ2) is 8.04. The number of hydrogen-bond acceptors (Lipinski definition) is 6. The van der Waals surface area contributed by atoms with Crippen LogP contribution in [0.25, 0.3) is 10.9 Å². The normalized spacial score (nSPS) is 18.8. The summed E-state index contributed by atoms with van der Waals surface area (Å²) in [4.78, 5) is 17.0. The molecule has 2 heterocycles. The SMILES string of the molecule is COCCn1c(CO)nnc1C1CC(NC(=O)c2ccnc3ccccc23)C1. The maximum absolute atomic E-state index is 12.7. The van der Waals surface area contributed by atoms with Crippen LogP contribution in [0.3, 0.4) is 0 Å². The first-order chi connectivity index (χ1) is 13.7. The molecule has 1 aromatic carbocycles. The first kappa shape index (κ1) is 18.5. The van der Waals surface area contributed by atoms with Crippen molar-refractivity contribution in [3.8, 4) is 0 Å². The van der Waals surface area contributed by atoms with E-state index in [1.54, 1.807) is 19.4 Å². The van der Waals surface area contributed by atoms with Crippen molar-refractivity contribution in [2.45, 2.75) is 38.0 Å². The monoisotopic (exact) mass is 381 g/mol. The lowest BCUT2D eigenvalue weighted by Gasteiger charge is -2.35.